The predicted molar refractivity (Wildman–Crippen MR) is 57.5 cm³/mol. The van der Waals surface area contributed by atoms with E-state index in [2.05, 4.69) is 0 Å². The van der Waals surface area contributed by atoms with E-state index in [4.69, 9.17) is 9.84 Å². The van der Waals surface area contributed by atoms with E-state index in [1.165, 1.54) is 0 Å². The highest BCUT2D eigenvalue weighted by Gasteiger charge is 2.25. The number of carbonyl (C=O) groups is 1. The lowest BCUT2D eigenvalue weighted by atomic mass is 10.0. The highest BCUT2D eigenvalue weighted by atomic mass is 16.5. The summed E-state index contributed by atoms with van der Waals surface area (Å²) in [6.07, 6.45) is 2.58. The molecule has 88 valence electrons. The molecule has 4 nitrogen and oxygen atoms in total. The molecule has 1 heterocycles. The van der Waals surface area contributed by atoms with Gasteiger partial charge in [-0.1, -0.05) is 0 Å². The molecule has 1 amide bonds. The summed E-state index contributed by atoms with van der Waals surface area (Å²) in [5, 5.41) is 8.74. The number of ether oxygens (including phenoxy) is 1. The van der Waals surface area contributed by atoms with Crippen LogP contribution in [-0.2, 0) is 9.53 Å². The Bertz CT molecular complexity index is 190. The Morgan fingerprint density at radius 1 is 1.60 bits per heavy atom. The van der Waals surface area contributed by atoms with Gasteiger partial charge in [-0.05, 0) is 26.2 Å². The molecule has 1 unspecified atom stereocenters. The molecule has 0 aliphatic carbocycles. The highest BCUT2D eigenvalue weighted by Crippen LogP contribution is 2.16. The molecule has 1 atom stereocenters. The normalized spacial score (nSPS) is 21.3. The minimum Gasteiger partial charge on any atom is -0.396 e. The van der Waals surface area contributed by atoms with Gasteiger partial charge in [0.15, 0.2) is 0 Å². The number of carbonyl (C=O) groups excluding carboxylic acids is 1. The van der Waals surface area contributed by atoms with Crippen LogP contribution >= 0.6 is 0 Å². The van der Waals surface area contributed by atoms with E-state index in [0.717, 1.165) is 26.0 Å². The largest absolute Gasteiger partial charge is 0.396 e. The zero-order chi connectivity index (χ0) is 11.1. The Labute approximate surface area is 91.2 Å². The van der Waals surface area contributed by atoms with Crippen molar-refractivity contribution in [1.29, 1.82) is 0 Å². The van der Waals surface area contributed by atoms with Crippen LogP contribution in [0.15, 0.2) is 0 Å². The topological polar surface area (TPSA) is 49.8 Å². The first-order chi connectivity index (χ1) is 7.29. The van der Waals surface area contributed by atoms with Gasteiger partial charge in [-0.25, -0.2) is 0 Å². The Morgan fingerprint density at radius 2 is 2.40 bits per heavy atom. The quantitative estimate of drug-likeness (QED) is 0.732. The van der Waals surface area contributed by atoms with Crippen molar-refractivity contribution in [2.75, 3.05) is 32.9 Å². The van der Waals surface area contributed by atoms with E-state index >= 15 is 0 Å². The summed E-state index contributed by atoms with van der Waals surface area (Å²) in [6.45, 7) is 4.84. The van der Waals surface area contributed by atoms with Crippen molar-refractivity contribution in [2.45, 2.75) is 26.2 Å². The second kappa shape index (κ2) is 6.80. The van der Waals surface area contributed by atoms with E-state index in [9.17, 15) is 4.79 Å². The number of rotatable bonds is 5. The van der Waals surface area contributed by atoms with Crippen LogP contribution in [0.5, 0.6) is 0 Å². The fourth-order valence-corrected chi connectivity index (χ4v) is 1.88. The van der Waals surface area contributed by atoms with Gasteiger partial charge in [0.2, 0.25) is 5.91 Å². The van der Waals surface area contributed by atoms with Crippen molar-refractivity contribution in [3.8, 4) is 0 Å². The highest BCUT2D eigenvalue weighted by molar-refractivity contribution is 5.79. The predicted octanol–water partition coefficient (Wildman–Crippen LogP) is 0.644. The molecule has 0 radical (unpaired) electrons. The smallest absolute Gasteiger partial charge is 0.228 e. The molecule has 0 aromatic heterocycles. The van der Waals surface area contributed by atoms with Gasteiger partial charge in [0.25, 0.3) is 0 Å². The molecule has 1 N–H and O–H groups in total. The van der Waals surface area contributed by atoms with Crippen LogP contribution in [-0.4, -0.2) is 48.8 Å². The molecule has 1 fully saturated rings. The Morgan fingerprint density at radius 3 is 2.93 bits per heavy atom. The Hall–Kier alpha value is -0.610. The fourth-order valence-electron chi connectivity index (χ4n) is 1.88. The molecule has 0 aromatic carbocycles. The lowest BCUT2D eigenvalue weighted by Crippen LogP contribution is -2.40. The van der Waals surface area contributed by atoms with Crippen molar-refractivity contribution in [1.82, 2.24) is 4.90 Å². The van der Waals surface area contributed by atoms with Gasteiger partial charge in [-0.15, -0.1) is 0 Å². The van der Waals surface area contributed by atoms with Gasteiger partial charge in [-0.2, -0.15) is 0 Å². The molecule has 1 aliphatic rings. The van der Waals surface area contributed by atoms with E-state index < -0.39 is 0 Å². The minimum absolute atomic E-state index is 0.0393. The molecule has 0 saturated carbocycles. The van der Waals surface area contributed by atoms with Gasteiger partial charge >= 0.3 is 0 Å². The maximum absolute atomic E-state index is 12.0. The molecular formula is C11H21NO3. The van der Waals surface area contributed by atoms with Crippen molar-refractivity contribution in [3.05, 3.63) is 0 Å². The monoisotopic (exact) mass is 215 g/mol. The van der Waals surface area contributed by atoms with Crippen LogP contribution in [0.1, 0.15) is 26.2 Å². The van der Waals surface area contributed by atoms with Gasteiger partial charge in [-0.3, -0.25) is 4.79 Å². The van der Waals surface area contributed by atoms with Crippen molar-refractivity contribution < 1.29 is 14.6 Å². The van der Waals surface area contributed by atoms with E-state index in [0.29, 0.717) is 19.6 Å². The number of aliphatic hydroxyl groups is 1. The maximum atomic E-state index is 12.0. The third kappa shape index (κ3) is 3.80. The summed E-state index contributed by atoms with van der Waals surface area (Å²) < 4.78 is 5.31. The third-order valence-electron chi connectivity index (χ3n) is 2.79. The van der Waals surface area contributed by atoms with Crippen LogP contribution in [0, 0.1) is 5.92 Å². The first-order valence-electron chi connectivity index (χ1n) is 5.77. The molecule has 1 saturated heterocycles. The summed E-state index contributed by atoms with van der Waals surface area (Å²) in [5.41, 5.74) is 0. The average Bonchev–Trinajstić information content (AvgIpc) is 2.31. The Balaban J connectivity index is 2.40. The molecule has 0 spiro atoms. The SMILES string of the molecule is CCN(CCCO)C(=O)C1CCCOC1. The molecular weight excluding hydrogens is 194 g/mol. The maximum Gasteiger partial charge on any atom is 0.228 e. The molecule has 1 rings (SSSR count). The van der Waals surface area contributed by atoms with Crippen molar-refractivity contribution in [3.63, 3.8) is 0 Å². The van der Waals surface area contributed by atoms with Gasteiger partial charge in [0.05, 0.1) is 12.5 Å². The van der Waals surface area contributed by atoms with E-state index in [1.807, 2.05) is 11.8 Å². The number of aliphatic hydroxyl groups excluding tert-OH is 1. The average molecular weight is 215 g/mol. The summed E-state index contributed by atoms with van der Waals surface area (Å²) in [6, 6.07) is 0. The Kier molecular flexibility index (Phi) is 5.65. The van der Waals surface area contributed by atoms with Gasteiger partial charge < -0.3 is 14.7 Å². The number of hydrogen-bond donors (Lipinski definition) is 1. The van der Waals surface area contributed by atoms with E-state index in [1.54, 1.807) is 0 Å². The summed E-state index contributed by atoms with van der Waals surface area (Å²) in [5.74, 6) is 0.225. The molecule has 0 bridgehead atoms. The lowest BCUT2D eigenvalue weighted by molar-refractivity contribution is -0.139. The zero-order valence-electron chi connectivity index (χ0n) is 9.45. The second-order valence-corrected chi connectivity index (χ2v) is 3.91. The van der Waals surface area contributed by atoms with Gasteiger partial charge in [0.1, 0.15) is 0 Å². The zero-order valence-corrected chi connectivity index (χ0v) is 9.45. The van der Waals surface area contributed by atoms with Crippen LogP contribution in [0.2, 0.25) is 0 Å². The van der Waals surface area contributed by atoms with Crippen molar-refractivity contribution in [2.24, 2.45) is 5.92 Å². The summed E-state index contributed by atoms with van der Waals surface area (Å²) in [7, 11) is 0. The molecule has 1 aliphatic heterocycles. The van der Waals surface area contributed by atoms with Crippen molar-refractivity contribution >= 4 is 5.91 Å². The molecule has 4 heteroatoms. The summed E-state index contributed by atoms with van der Waals surface area (Å²) >= 11 is 0. The number of nitrogens with zero attached hydrogens (tertiary/aromatic N) is 1. The van der Waals surface area contributed by atoms with Gasteiger partial charge in [0, 0.05) is 26.3 Å². The minimum atomic E-state index is 0.0393. The first kappa shape index (κ1) is 12.5. The number of amides is 1. The van der Waals surface area contributed by atoms with Crippen LogP contribution in [0.25, 0.3) is 0 Å². The number of hydrogen-bond acceptors (Lipinski definition) is 3. The van der Waals surface area contributed by atoms with Crippen LogP contribution in [0.4, 0.5) is 0 Å². The van der Waals surface area contributed by atoms with Crippen LogP contribution in [0.3, 0.4) is 0 Å². The van der Waals surface area contributed by atoms with Crippen LogP contribution < -0.4 is 0 Å². The van der Waals surface area contributed by atoms with E-state index in [-0.39, 0.29) is 18.4 Å². The second-order valence-electron chi connectivity index (χ2n) is 3.91. The molecule has 0 aromatic rings. The summed E-state index contributed by atoms with van der Waals surface area (Å²) in [4.78, 5) is 13.8. The lowest BCUT2D eigenvalue weighted by Gasteiger charge is -2.28. The first-order valence-corrected chi connectivity index (χ1v) is 5.77. The molecule has 15 heavy (non-hydrogen) atoms. The standard InChI is InChI=1S/C11H21NO3/c1-2-12(6-4-7-13)11(14)10-5-3-8-15-9-10/h10,13H,2-9H2,1H3. The third-order valence-corrected chi connectivity index (χ3v) is 2.79. The fraction of sp³-hybridized carbons (Fsp3) is 0.909.